The maximum absolute atomic E-state index is 4.21. The van der Waals surface area contributed by atoms with Gasteiger partial charge in [0.1, 0.15) is 0 Å². The minimum Gasteiger partial charge on any atom is -0.356 e. The molecule has 0 aliphatic heterocycles. The van der Waals surface area contributed by atoms with Gasteiger partial charge in [-0.25, -0.2) is 0 Å². The van der Waals surface area contributed by atoms with E-state index in [4.69, 9.17) is 0 Å². The van der Waals surface area contributed by atoms with E-state index in [1.54, 1.807) is 0 Å². The Morgan fingerprint density at radius 1 is 1.11 bits per heavy atom. The third-order valence-electron chi connectivity index (χ3n) is 2.85. The quantitative estimate of drug-likeness (QED) is 0.391. The Hall–Kier alpha value is -0.0400. The summed E-state index contributed by atoms with van der Waals surface area (Å²) < 4.78 is 0. The molecule has 5 heteroatoms. The first-order valence-electron chi connectivity index (χ1n) is 6.80. The van der Waals surface area contributed by atoms with Crippen LogP contribution in [0.3, 0.4) is 0 Å². The lowest BCUT2D eigenvalue weighted by molar-refractivity contribution is 0.308. The summed E-state index contributed by atoms with van der Waals surface area (Å²) in [5.74, 6) is 1.65. The van der Waals surface area contributed by atoms with Gasteiger partial charge < -0.3 is 15.5 Å². The third-order valence-corrected chi connectivity index (χ3v) is 2.85. The van der Waals surface area contributed by atoms with Crippen LogP contribution < -0.4 is 10.6 Å². The van der Waals surface area contributed by atoms with Gasteiger partial charge in [0, 0.05) is 26.7 Å². The second-order valence-electron chi connectivity index (χ2n) is 4.64. The Morgan fingerprint density at radius 2 is 1.67 bits per heavy atom. The number of guanidine groups is 1. The zero-order valence-electron chi connectivity index (χ0n) is 12.6. The van der Waals surface area contributed by atoms with E-state index >= 15 is 0 Å². The molecule has 0 aliphatic carbocycles. The van der Waals surface area contributed by atoms with Gasteiger partial charge in [-0.1, -0.05) is 27.7 Å². The molecule has 0 atom stereocenters. The summed E-state index contributed by atoms with van der Waals surface area (Å²) in [6.45, 7) is 14.1. The SMILES string of the molecule is CCN(CC)CCNC(=NC)NCCC(C)C.I. The molecule has 0 spiro atoms. The average molecular weight is 370 g/mol. The van der Waals surface area contributed by atoms with Crippen molar-refractivity contribution in [3.05, 3.63) is 0 Å². The predicted molar refractivity (Wildman–Crippen MR) is 92.0 cm³/mol. The Labute approximate surface area is 130 Å². The van der Waals surface area contributed by atoms with E-state index in [9.17, 15) is 0 Å². The highest BCUT2D eigenvalue weighted by Crippen LogP contribution is 1.95. The standard InChI is InChI=1S/C13H30N4.HI/c1-6-17(7-2)11-10-16-13(14-5)15-9-8-12(3)4;/h12H,6-11H2,1-5H3,(H2,14,15,16);1H. The summed E-state index contributed by atoms with van der Waals surface area (Å²) in [6.07, 6.45) is 1.18. The van der Waals surface area contributed by atoms with Gasteiger partial charge >= 0.3 is 0 Å². The fourth-order valence-corrected chi connectivity index (χ4v) is 1.57. The largest absolute Gasteiger partial charge is 0.356 e. The van der Waals surface area contributed by atoms with E-state index in [1.165, 1.54) is 6.42 Å². The normalized spacial score (nSPS) is 11.6. The molecule has 0 bridgehead atoms. The first kappa shape index (κ1) is 20.3. The van der Waals surface area contributed by atoms with Crippen LogP contribution in [0.15, 0.2) is 4.99 Å². The Balaban J connectivity index is 0. The van der Waals surface area contributed by atoms with Crippen molar-refractivity contribution in [2.75, 3.05) is 39.8 Å². The number of hydrogen-bond donors (Lipinski definition) is 2. The fourth-order valence-electron chi connectivity index (χ4n) is 1.57. The van der Waals surface area contributed by atoms with Crippen molar-refractivity contribution in [3.63, 3.8) is 0 Å². The van der Waals surface area contributed by atoms with Crippen molar-refractivity contribution < 1.29 is 0 Å². The second-order valence-corrected chi connectivity index (χ2v) is 4.64. The second kappa shape index (κ2) is 13.4. The van der Waals surface area contributed by atoms with Crippen molar-refractivity contribution in [1.29, 1.82) is 0 Å². The molecule has 0 aromatic heterocycles. The fraction of sp³-hybridized carbons (Fsp3) is 0.923. The minimum absolute atomic E-state index is 0. The van der Waals surface area contributed by atoms with Crippen LogP contribution in [-0.2, 0) is 0 Å². The molecule has 0 radical (unpaired) electrons. The topological polar surface area (TPSA) is 39.7 Å². The number of nitrogens with one attached hydrogen (secondary N) is 2. The van der Waals surface area contributed by atoms with Crippen LogP contribution >= 0.6 is 24.0 Å². The van der Waals surface area contributed by atoms with Crippen molar-refractivity contribution >= 4 is 29.9 Å². The highest BCUT2D eigenvalue weighted by atomic mass is 127. The van der Waals surface area contributed by atoms with Gasteiger partial charge in [0.15, 0.2) is 5.96 Å². The molecule has 0 aliphatic rings. The molecule has 2 N–H and O–H groups in total. The van der Waals surface area contributed by atoms with Crippen LogP contribution in [-0.4, -0.2) is 50.6 Å². The van der Waals surface area contributed by atoms with Gasteiger partial charge in [0.25, 0.3) is 0 Å². The molecular formula is C13H31IN4. The number of likely N-dealkylation sites (N-methyl/N-ethyl adjacent to an activating group) is 1. The molecule has 0 saturated carbocycles. The van der Waals surface area contributed by atoms with Crippen molar-refractivity contribution in [1.82, 2.24) is 15.5 Å². The molecule has 0 saturated heterocycles. The first-order valence-corrected chi connectivity index (χ1v) is 6.80. The predicted octanol–water partition coefficient (Wildman–Crippen LogP) is 2.16. The lowest BCUT2D eigenvalue weighted by atomic mass is 10.1. The average Bonchev–Trinajstić information content (AvgIpc) is 2.32. The van der Waals surface area contributed by atoms with Gasteiger partial charge in [0.2, 0.25) is 0 Å². The molecular weight excluding hydrogens is 339 g/mol. The summed E-state index contributed by atoms with van der Waals surface area (Å²) in [5.41, 5.74) is 0. The van der Waals surface area contributed by atoms with E-state index in [1.807, 2.05) is 7.05 Å². The number of rotatable bonds is 8. The zero-order valence-corrected chi connectivity index (χ0v) is 15.0. The summed E-state index contributed by atoms with van der Waals surface area (Å²) in [7, 11) is 1.82. The van der Waals surface area contributed by atoms with E-state index in [0.29, 0.717) is 0 Å². The van der Waals surface area contributed by atoms with Crippen LogP contribution in [0.2, 0.25) is 0 Å². The molecule has 110 valence electrons. The first-order chi connectivity index (χ1) is 8.13. The van der Waals surface area contributed by atoms with Crippen molar-refractivity contribution in [2.24, 2.45) is 10.9 Å². The molecule has 0 rings (SSSR count). The van der Waals surface area contributed by atoms with E-state index in [-0.39, 0.29) is 24.0 Å². The number of hydrogen-bond acceptors (Lipinski definition) is 2. The summed E-state index contributed by atoms with van der Waals surface area (Å²) in [5, 5.41) is 6.67. The monoisotopic (exact) mass is 370 g/mol. The van der Waals surface area contributed by atoms with E-state index in [0.717, 1.165) is 44.6 Å². The lowest BCUT2D eigenvalue weighted by Crippen LogP contribution is -2.42. The van der Waals surface area contributed by atoms with Gasteiger partial charge in [-0.2, -0.15) is 0 Å². The van der Waals surface area contributed by atoms with Crippen LogP contribution in [0, 0.1) is 5.92 Å². The molecule has 0 aromatic rings. The maximum Gasteiger partial charge on any atom is 0.191 e. The van der Waals surface area contributed by atoms with Crippen molar-refractivity contribution in [3.8, 4) is 0 Å². The smallest absolute Gasteiger partial charge is 0.191 e. The number of nitrogens with zero attached hydrogens (tertiary/aromatic N) is 2. The molecule has 0 amide bonds. The Bertz CT molecular complexity index is 203. The molecule has 0 aromatic carbocycles. The van der Waals surface area contributed by atoms with Crippen LogP contribution in [0.4, 0.5) is 0 Å². The van der Waals surface area contributed by atoms with Gasteiger partial charge in [-0.3, -0.25) is 4.99 Å². The van der Waals surface area contributed by atoms with Crippen LogP contribution in [0.5, 0.6) is 0 Å². The number of halogens is 1. The van der Waals surface area contributed by atoms with E-state index in [2.05, 4.69) is 48.2 Å². The van der Waals surface area contributed by atoms with Gasteiger partial charge in [0.05, 0.1) is 0 Å². The molecule has 0 heterocycles. The highest BCUT2D eigenvalue weighted by Gasteiger charge is 2.00. The molecule has 4 nitrogen and oxygen atoms in total. The zero-order chi connectivity index (χ0) is 13.1. The Morgan fingerprint density at radius 3 is 2.11 bits per heavy atom. The Kier molecular flexibility index (Phi) is 15.1. The minimum atomic E-state index is 0. The number of aliphatic imine (C=N–C) groups is 1. The third kappa shape index (κ3) is 11.1. The lowest BCUT2D eigenvalue weighted by Gasteiger charge is -2.19. The summed E-state index contributed by atoms with van der Waals surface area (Å²) >= 11 is 0. The van der Waals surface area contributed by atoms with Gasteiger partial charge in [-0.15, -0.1) is 24.0 Å². The van der Waals surface area contributed by atoms with Crippen LogP contribution in [0.1, 0.15) is 34.1 Å². The molecule has 0 unspecified atom stereocenters. The maximum atomic E-state index is 4.21. The van der Waals surface area contributed by atoms with Gasteiger partial charge in [-0.05, 0) is 25.4 Å². The van der Waals surface area contributed by atoms with Crippen LogP contribution in [0.25, 0.3) is 0 Å². The molecule has 18 heavy (non-hydrogen) atoms. The molecule has 0 fully saturated rings. The van der Waals surface area contributed by atoms with Crippen molar-refractivity contribution in [2.45, 2.75) is 34.1 Å². The summed E-state index contributed by atoms with van der Waals surface area (Å²) in [6, 6.07) is 0. The van der Waals surface area contributed by atoms with E-state index < -0.39 is 0 Å². The summed E-state index contributed by atoms with van der Waals surface area (Å²) in [4.78, 5) is 6.61. The highest BCUT2D eigenvalue weighted by molar-refractivity contribution is 14.0.